The average molecular weight is 675 g/mol. The number of fused-ring (bicyclic) bond motifs is 11. The van der Waals surface area contributed by atoms with Crippen LogP contribution in [0.1, 0.15) is 0 Å². The van der Waals surface area contributed by atoms with Gasteiger partial charge in [0, 0.05) is 33.2 Å². The summed E-state index contributed by atoms with van der Waals surface area (Å²) in [4.78, 5) is 15.0. The predicted molar refractivity (Wildman–Crippen MR) is 220 cm³/mol. The van der Waals surface area contributed by atoms with Crippen molar-refractivity contribution in [1.82, 2.24) is 19.5 Å². The maximum Gasteiger partial charge on any atom is 0.164 e. The highest BCUT2D eigenvalue weighted by Gasteiger charge is 2.18. The van der Waals surface area contributed by atoms with E-state index in [-0.39, 0.29) is 0 Å². The van der Waals surface area contributed by atoms with E-state index < -0.39 is 0 Å². The number of nitrogens with zero attached hydrogens (tertiary/aromatic N) is 4. The molecular formula is C49H30N4. The zero-order valence-corrected chi connectivity index (χ0v) is 28.6. The van der Waals surface area contributed by atoms with Gasteiger partial charge in [0.15, 0.2) is 17.5 Å². The van der Waals surface area contributed by atoms with Gasteiger partial charge in [-0.1, -0.05) is 152 Å². The van der Waals surface area contributed by atoms with Crippen LogP contribution in [0, 0.1) is 0 Å². The smallest absolute Gasteiger partial charge is 0.164 e. The molecule has 11 aromatic rings. The van der Waals surface area contributed by atoms with Crippen LogP contribution >= 0.6 is 0 Å². The van der Waals surface area contributed by atoms with E-state index in [9.17, 15) is 0 Å². The molecule has 0 atom stereocenters. The first-order valence-electron chi connectivity index (χ1n) is 18.0. The second-order valence-corrected chi connectivity index (χ2v) is 13.6. The van der Waals surface area contributed by atoms with Crippen LogP contribution in [0.2, 0.25) is 0 Å². The van der Waals surface area contributed by atoms with Crippen LogP contribution < -0.4 is 0 Å². The van der Waals surface area contributed by atoms with Crippen LogP contribution in [0.3, 0.4) is 0 Å². The van der Waals surface area contributed by atoms with Gasteiger partial charge >= 0.3 is 0 Å². The van der Waals surface area contributed by atoms with Gasteiger partial charge in [-0.05, 0) is 73.4 Å². The molecule has 0 saturated carbocycles. The second-order valence-electron chi connectivity index (χ2n) is 13.6. The van der Waals surface area contributed by atoms with Gasteiger partial charge in [-0.3, -0.25) is 0 Å². The van der Waals surface area contributed by atoms with Gasteiger partial charge in [-0.25, -0.2) is 15.0 Å². The third-order valence-corrected chi connectivity index (χ3v) is 10.6. The molecule has 0 fully saturated rings. The van der Waals surface area contributed by atoms with Crippen molar-refractivity contribution in [1.29, 1.82) is 0 Å². The molecule has 4 nitrogen and oxygen atoms in total. The lowest BCUT2D eigenvalue weighted by Gasteiger charge is -2.15. The van der Waals surface area contributed by atoms with Crippen molar-refractivity contribution in [2.75, 3.05) is 0 Å². The molecular weight excluding hydrogens is 645 g/mol. The third kappa shape index (κ3) is 4.66. The maximum absolute atomic E-state index is 5.05. The van der Waals surface area contributed by atoms with Crippen molar-refractivity contribution in [3.63, 3.8) is 0 Å². The van der Waals surface area contributed by atoms with Crippen molar-refractivity contribution >= 4 is 64.9 Å². The molecule has 2 heterocycles. The summed E-state index contributed by atoms with van der Waals surface area (Å²) in [7, 11) is 0. The van der Waals surface area contributed by atoms with E-state index in [0.29, 0.717) is 17.5 Å². The molecule has 0 amide bonds. The molecule has 53 heavy (non-hydrogen) atoms. The molecule has 11 rings (SSSR count). The minimum Gasteiger partial charge on any atom is -0.309 e. The van der Waals surface area contributed by atoms with E-state index in [4.69, 9.17) is 15.0 Å². The standard InChI is InChI=1S/C49H30N4/c1-3-14-32(15-4-1)47-50-48(33-16-5-2-6-17-33)52-49(51-47)34-23-26-39-37-19-9-10-20-38(37)43-30-35(25-27-40(43)42(39)29-34)53-44-22-12-11-21-41(44)46-36-18-8-7-13-31(36)24-28-45(46)53/h1-30H. The normalized spacial score (nSPS) is 11.8. The quantitative estimate of drug-likeness (QED) is 0.175. The monoisotopic (exact) mass is 674 g/mol. The fraction of sp³-hybridized carbons (Fsp3) is 0. The first kappa shape index (κ1) is 29.5. The Morgan fingerprint density at radius 2 is 0.811 bits per heavy atom. The Morgan fingerprint density at radius 3 is 1.53 bits per heavy atom. The van der Waals surface area contributed by atoms with Crippen LogP contribution in [0.25, 0.3) is 105 Å². The first-order valence-corrected chi connectivity index (χ1v) is 18.0. The molecule has 2 aromatic heterocycles. The Hall–Kier alpha value is -7.17. The molecule has 0 spiro atoms. The van der Waals surface area contributed by atoms with Gasteiger partial charge in [0.2, 0.25) is 0 Å². The summed E-state index contributed by atoms with van der Waals surface area (Å²) in [5, 5.41) is 12.3. The van der Waals surface area contributed by atoms with Crippen molar-refractivity contribution < 1.29 is 0 Å². The topological polar surface area (TPSA) is 43.6 Å². The molecule has 0 radical (unpaired) electrons. The molecule has 0 bridgehead atoms. The molecule has 246 valence electrons. The van der Waals surface area contributed by atoms with Crippen LogP contribution in [0.15, 0.2) is 182 Å². The third-order valence-electron chi connectivity index (χ3n) is 10.6. The molecule has 9 aromatic carbocycles. The van der Waals surface area contributed by atoms with Gasteiger partial charge in [0.05, 0.1) is 11.0 Å². The highest BCUT2D eigenvalue weighted by Crippen LogP contribution is 2.41. The van der Waals surface area contributed by atoms with Crippen LogP contribution in [0.4, 0.5) is 0 Å². The zero-order chi connectivity index (χ0) is 34.9. The lowest BCUT2D eigenvalue weighted by atomic mass is 9.93. The fourth-order valence-corrected chi connectivity index (χ4v) is 8.18. The van der Waals surface area contributed by atoms with E-state index in [0.717, 1.165) is 22.4 Å². The van der Waals surface area contributed by atoms with Crippen LogP contribution in [0.5, 0.6) is 0 Å². The molecule has 0 aliphatic carbocycles. The molecule has 0 aliphatic rings. The molecule has 4 heteroatoms. The first-order chi connectivity index (χ1) is 26.3. The van der Waals surface area contributed by atoms with Crippen molar-refractivity contribution in [3.8, 4) is 39.9 Å². The Labute approximate surface area is 305 Å². The Bertz CT molecular complexity index is 3160. The number of benzene rings is 9. The van der Waals surface area contributed by atoms with Gasteiger partial charge < -0.3 is 4.57 Å². The summed E-state index contributed by atoms with van der Waals surface area (Å²) in [5.41, 5.74) is 6.40. The zero-order valence-electron chi connectivity index (χ0n) is 28.6. The van der Waals surface area contributed by atoms with Crippen LogP contribution in [-0.4, -0.2) is 19.5 Å². The number of rotatable bonds is 4. The van der Waals surface area contributed by atoms with E-state index in [1.807, 2.05) is 60.7 Å². The minimum absolute atomic E-state index is 0.648. The Balaban J connectivity index is 1.16. The fourth-order valence-electron chi connectivity index (χ4n) is 8.18. The minimum atomic E-state index is 0.648. The van der Waals surface area contributed by atoms with E-state index in [1.54, 1.807) is 0 Å². The van der Waals surface area contributed by atoms with Gasteiger partial charge in [0.1, 0.15) is 0 Å². The van der Waals surface area contributed by atoms with Gasteiger partial charge in [0.25, 0.3) is 0 Å². The van der Waals surface area contributed by atoms with Crippen molar-refractivity contribution in [3.05, 3.63) is 182 Å². The van der Waals surface area contributed by atoms with Crippen molar-refractivity contribution in [2.45, 2.75) is 0 Å². The van der Waals surface area contributed by atoms with Gasteiger partial charge in [-0.15, -0.1) is 0 Å². The lowest BCUT2D eigenvalue weighted by Crippen LogP contribution is -2.00. The number of hydrogen-bond donors (Lipinski definition) is 0. The van der Waals surface area contributed by atoms with E-state index in [2.05, 4.69) is 126 Å². The summed E-state index contributed by atoms with van der Waals surface area (Å²) < 4.78 is 2.42. The predicted octanol–water partition coefficient (Wildman–Crippen LogP) is 12.6. The molecule has 0 N–H and O–H groups in total. The van der Waals surface area contributed by atoms with Crippen LogP contribution in [-0.2, 0) is 0 Å². The van der Waals surface area contributed by atoms with Gasteiger partial charge in [-0.2, -0.15) is 0 Å². The summed E-state index contributed by atoms with van der Waals surface area (Å²) in [6.07, 6.45) is 0. The molecule has 0 saturated heterocycles. The highest BCUT2D eigenvalue weighted by molar-refractivity contribution is 6.26. The number of para-hydroxylation sites is 1. The number of aromatic nitrogens is 4. The number of hydrogen-bond acceptors (Lipinski definition) is 3. The van der Waals surface area contributed by atoms with E-state index in [1.165, 1.54) is 64.9 Å². The van der Waals surface area contributed by atoms with E-state index >= 15 is 0 Å². The second kappa shape index (κ2) is 11.7. The largest absolute Gasteiger partial charge is 0.309 e. The summed E-state index contributed by atoms with van der Waals surface area (Å²) in [6, 6.07) is 64.6. The molecule has 0 unspecified atom stereocenters. The summed E-state index contributed by atoms with van der Waals surface area (Å²) in [6.45, 7) is 0. The Kier molecular flexibility index (Phi) is 6.52. The Morgan fingerprint density at radius 1 is 0.302 bits per heavy atom. The lowest BCUT2D eigenvalue weighted by molar-refractivity contribution is 1.07. The summed E-state index contributed by atoms with van der Waals surface area (Å²) >= 11 is 0. The molecule has 0 aliphatic heterocycles. The SMILES string of the molecule is c1ccc(-c2nc(-c3ccccc3)nc(-c3ccc4c5ccccc5c5cc(-n6c7ccccc7c7c8ccccc8ccc76)ccc5c4c3)n2)cc1. The average Bonchev–Trinajstić information content (AvgIpc) is 3.59. The van der Waals surface area contributed by atoms with Crippen molar-refractivity contribution in [2.24, 2.45) is 0 Å². The highest BCUT2D eigenvalue weighted by atomic mass is 15.0. The summed E-state index contributed by atoms with van der Waals surface area (Å²) in [5.74, 6) is 1.96. The maximum atomic E-state index is 5.05.